The van der Waals surface area contributed by atoms with Crippen molar-refractivity contribution in [2.75, 3.05) is 0 Å². The van der Waals surface area contributed by atoms with E-state index in [-0.39, 0.29) is 12.5 Å². The summed E-state index contributed by atoms with van der Waals surface area (Å²) in [5.74, 6) is -0.814. The van der Waals surface area contributed by atoms with E-state index in [0.717, 1.165) is 11.3 Å². The van der Waals surface area contributed by atoms with Crippen molar-refractivity contribution in [3.8, 4) is 0 Å². The summed E-state index contributed by atoms with van der Waals surface area (Å²) in [7, 11) is 0. The molecule has 0 saturated carbocycles. The molecule has 0 aliphatic heterocycles. The Morgan fingerprint density at radius 3 is 3.00 bits per heavy atom. The number of rotatable bonds is 4. The fourth-order valence-electron chi connectivity index (χ4n) is 1.24. The maximum atomic E-state index is 10.3. The Kier molecular flexibility index (Phi) is 3.59. The number of pyridine rings is 1. The second-order valence-electron chi connectivity index (χ2n) is 3.27. The van der Waals surface area contributed by atoms with Crippen LogP contribution in [0, 0.1) is 6.92 Å². The minimum Gasteiger partial charge on any atom is -0.481 e. The summed E-state index contributed by atoms with van der Waals surface area (Å²) in [5, 5.41) is 8.50. The minimum absolute atomic E-state index is 0.0997. The lowest BCUT2D eigenvalue weighted by molar-refractivity contribution is -0.137. The van der Waals surface area contributed by atoms with Gasteiger partial charge in [0.1, 0.15) is 0 Å². The summed E-state index contributed by atoms with van der Waals surface area (Å²) in [6.45, 7) is 1.88. The molecule has 1 rings (SSSR count). The molecule has 1 unspecified atom stereocenters. The van der Waals surface area contributed by atoms with Crippen molar-refractivity contribution in [2.45, 2.75) is 25.8 Å². The van der Waals surface area contributed by atoms with Crippen LogP contribution in [0.3, 0.4) is 0 Å². The zero-order valence-corrected chi connectivity index (χ0v) is 8.10. The van der Waals surface area contributed by atoms with Crippen LogP contribution in [0.4, 0.5) is 0 Å². The molecule has 0 aliphatic rings. The Bertz CT molecular complexity index is 326. The van der Waals surface area contributed by atoms with Gasteiger partial charge in [-0.05, 0) is 31.0 Å². The van der Waals surface area contributed by atoms with E-state index in [1.807, 2.05) is 19.1 Å². The van der Waals surface area contributed by atoms with Crippen LogP contribution < -0.4 is 5.73 Å². The standard InChI is InChI=1S/C10H14N2O2/c1-7-6-8(4-5-12-7)9(11)2-3-10(13)14/h4-6,9H,2-3,11H2,1H3,(H,13,14). The highest BCUT2D eigenvalue weighted by Crippen LogP contribution is 2.15. The van der Waals surface area contributed by atoms with Gasteiger partial charge in [-0.3, -0.25) is 9.78 Å². The van der Waals surface area contributed by atoms with E-state index in [1.54, 1.807) is 6.20 Å². The van der Waals surface area contributed by atoms with E-state index in [2.05, 4.69) is 4.98 Å². The quantitative estimate of drug-likeness (QED) is 0.756. The summed E-state index contributed by atoms with van der Waals surface area (Å²) in [6, 6.07) is 3.49. The predicted octanol–water partition coefficient (Wildman–Crippen LogP) is 1.25. The summed E-state index contributed by atoms with van der Waals surface area (Å²) in [5.41, 5.74) is 7.66. The molecule has 1 heterocycles. The molecule has 76 valence electrons. The predicted molar refractivity (Wildman–Crippen MR) is 52.8 cm³/mol. The molecule has 0 bridgehead atoms. The number of hydrogen-bond donors (Lipinski definition) is 2. The number of carboxylic acid groups (broad SMARTS) is 1. The molecular formula is C10H14N2O2. The van der Waals surface area contributed by atoms with Crippen LogP contribution in [0.2, 0.25) is 0 Å². The average Bonchev–Trinajstić information content (AvgIpc) is 2.14. The van der Waals surface area contributed by atoms with Gasteiger partial charge >= 0.3 is 5.97 Å². The molecule has 1 atom stereocenters. The van der Waals surface area contributed by atoms with Crippen LogP contribution in [0.1, 0.15) is 30.1 Å². The molecule has 4 heteroatoms. The number of carbonyl (C=O) groups is 1. The van der Waals surface area contributed by atoms with Gasteiger partial charge < -0.3 is 10.8 Å². The van der Waals surface area contributed by atoms with Gasteiger partial charge in [0.05, 0.1) is 0 Å². The number of nitrogens with two attached hydrogens (primary N) is 1. The van der Waals surface area contributed by atoms with Crippen LogP contribution in [-0.4, -0.2) is 16.1 Å². The molecule has 0 fully saturated rings. The van der Waals surface area contributed by atoms with E-state index < -0.39 is 5.97 Å². The fourth-order valence-corrected chi connectivity index (χ4v) is 1.24. The first-order chi connectivity index (χ1) is 6.59. The van der Waals surface area contributed by atoms with E-state index in [4.69, 9.17) is 10.8 Å². The smallest absolute Gasteiger partial charge is 0.303 e. The maximum absolute atomic E-state index is 10.3. The zero-order valence-electron chi connectivity index (χ0n) is 8.10. The fraction of sp³-hybridized carbons (Fsp3) is 0.400. The third-order valence-electron chi connectivity index (χ3n) is 2.02. The molecule has 14 heavy (non-hydrogen) atoms. The van der Waals surface area contributed by atoms with E-state index in [0.29, 0.717) is 6.42 Å². The lowest BCUT2D eigenvalue weighted by Gasteiger charge is -2.10. The molecule has 0 amide bonds. The molecule has 0 saturated heterocycles. The summed E-state index contributed by atoms with van der Waals surface area (Å²) in [6.07, 6.45) is 2.24. The largest absolute Gasteiger partial charge is 0.481 e. The van der Waals surface area contributed by atoms with E-state index in [1.165, 1.54) is 0 Å². The van der Waals surface area contributed by atoms with Gasteiger partial charge in [-0.2, -0.15) is 0 Å². The molecule has 4 nitrogen and oxygen atoms in total. The van der Waals surface area contributed by atoms with E-state index in [9.17, 15) is 4.79 Å². The van der Waals surface area contributed by atoms with Crippen molar-refractivity contribution in [2.24, 2.45) is 5.73 Å². The van der Waals surface area contributed by atoms with Gasteiger partial charge in [0.2, 0.25) is 0 Å². The van der Waals surface area contributed by atoms with Crippen molar-refractivity contribution in [1.82, 2.24) is 4.98 Å². The first-order valence-electron chi connectivity index (χ1n) is 4.49. The summed E-state index contributed by atoms with van der Waals surface area (Å²) < 4.78 is 0. The third kappa shape index (κ3) is 3.14. The first kappa shape index (κ1) is 10.7. The average molecular weight is 194 g/mol. The number of carboxylic acids is 1. The Morgan fingerprint density at radius 2 is 2.43 bits per heavy atom. The molecule has 1 aromatic rings. The molecule has 0 radical (unpaired) electrons. The van der Waals surface area contributed by atoms with Gasteiger partial charge in [-0.25, -0.2) is 0 Å². The summed E-state index contributed by atoms with van der Waals surface area (Å²) >= 11 is 0. The lowest BCUT2D eigenvalue weighted by Crippen LogP contribution is -2.12. The van der Waals surface area contributed by atoms with Crippen molar-refractivity contribution in [1.29, 1.82) is 0 Å². The summed E-state index contributed by atoms with van der Waals surface area (Å²) in [4.78, 5) is 14.4. The Balaban J connectivity index is 2.60. The van der Waals surface area contributed by atoms with Crippen LogP contribution in [-0.2, 0) is 4.79 Å². The highest BCUT2D eigenvalue weighted by molar-refractivity contribution is 5.66. The normalized spacial score (nSPS) is 12.4. The number of nitrogens with zero attached hydrogens (tertiary/aromatic N) is 1. The number of aliphatic carboxylic acids is 1. The maximum Gasteiger partial charge on any atom is 0.303 e. The van der Waals surface area contributed by atoms with Crippen LogP contribution in [0.5, 0.6) is 0 Å². The topological polar surface area (TPSA) is 76.2 Å². The lowest BCUT2D eigenvalue weighted by atomic mass is 10.0. The molecule has 0 aliphatic carbocycles. The highest BCUT2D eigenvalue weighted by atomic mass is 16.4. The van der Waals surface area contributed by atoms with Gasteiger partial charge in [0.15, 0.2) is 0 Å². The van der Waals surface area contributed by atoms with Crippen LogP contribution in [0.15, 0.2) is 18.3 Å². The SMILES string of the molecule is Cc1cc(C(N)CCC(=O)O)ccn1. The van der Waals surface area contributed by atoms with Crippen LogP contribution >= 0.6 is 0 Å². The molecule has 0 aromatic carbocycles. The van der Waals surface area contributed by atoms with Crippen molar-refractivity contribution in [3.05, 3.63) is 29.6 Å². The molecule has 3 N–H and O–H groups in total. The molecule has 1 aromatic heterocycles. The number of aromatic nitrogens is 1. The van der Waals surface area contributed by atoms with Gasteiger partial charge in [-0.1, -0.05) is 0 Å². The highest BCUT2D eigenvalue weighted by Gasteiger charge is 2.08. The van der Waals surface area contributed by atoms with Crippen LogP contribution in [0.25, 0.3) is 0 Å². The van der Waals surface area contributed by atoms with Crippen molar-refractivity contribution in [3.63, 3.8) is 0 Å². The Labute approximate surface area is 82.8 Å². The van der Waals surface area contributed by atoms with E-state index >= 15 is 0 Å². The van der Waals surface area contributed by atoms with Crippen molar-refractivity contribution < 1.29 is 9.90 Å². The molecule has 0 spiro atoms. The van der Waals surface area contributed by atoms with Gasteiger partial charge in [-0.15, -0.1) is 0 Å². The van der Waals surface area contributed by atoms with Gasteiger partial charge in [0.25, 0.3) is 0 Å². The Morgan fingerprint density at radius 1 is 1.71 bits per heavy atom. The minimum atomic E-state index is -0.814. The number of aryl methyl sites for hydroxylation is 1. The second kappa shape index (κ2) is 4.72. The Hall–Kier alpha value is -1.42. The van der Waals surface area contributed by atoms with Crippen molar-refractivity contribution >= 4 is 5.97 Å². The third-order valence-corrected chi connectivity index (χ3v) is 2.02. The number of hydrogen-bond acceptors (Lipinski definition) is 3. The monoisotopic (exact) mass is 194 g/mol. The van der Waals surface area contributed by atoms with Gasteiger partial charge in [0, 0.05) is 24.4 Å². The molecular weight excluding hydrogens is 180 g/mol. The second-order valence-corrected chi connectivity index (χ2v) is 3.27. The first-order valence-corrected chi connectivity index (χ1v) is 4.49. The zero-order chi connectivity index (χ0) is 10.6.